The number of amides is 1. The average Bonchev–Trinajstić information content (AvgIpc) is 2.73. The minimum Gasteiger partial charge on any atom is -0.408 e. The number of anilines is 1. The van der Waals surface area contributed by atoms with Crippen molar-refractivity contribution in [3.63, 3.8) is 0 Å². The molecule has 2 rings (SSSR count). The highest BCUT2D eigenvalue weighted by molar-refractivity contribution is 5.92. The molecule has 1 N–H and O–H groups in total. The Bertz CT molecular complexity index is 730. The predicted octanol–water partition coefficient (Wildman–Crippen LogP) is 2.91. The van der Waals surface area contributed by atoms with Crippen LogP contribution in [0.25, 0.3) is 11.1 Å². The summed E-state index contributed by atoms with van der Waals surface area (Å²) in [4.78, 5) is 23.4. The Morgan fingerprint density at radius 3 is 2.78 bits per heavy atom. The van der Waals surface area contributed by atoms with Crippen molar-refractivity contribution in [1.82, 2.24) is 4.57 Å². The lowest BCUT2D eigenvalue weighted by Crippen LogP contribution is -2.18. The summed E-state index contributed by atoms with van der Waals surface area (Å²) in [5, 5.41) is 2.81. The summed E-state index contributed by atoms with van der Waals surface area (Å²) in [6.07, 6.45) is 1.43. The standard InChI is InChI=1S/C17H24N2O4/c1-11(2)9-12(3)22-8-7-16(20)18-13-5-6-15-14(10-13)19(4)17(21)23-15/h5-6,10-12H,7-9H2,1-4H3,(H,18,20)/t12-/m1/s1. The van der Waals surface area contributed by atoms with Gasteiger partial charge in [-0.3, -0.25) is 9.36 Å². The van der Waals surface area contributed by atoms with E-state index in [9.17, 15) is 9.59 Å². The number of rotatable bonds is 7. The van der Waals surface area contributed by atoms with Crippen molar-refractivity contribution in [1.29, 1.82) is 0 Å². The molecule has 0 aliphatic carbocycles. The Labute approximate surface area is 135 Å². The monoisotopic (exact) mass is 320 g/mol. The molecule has 1 aromatic carbocycles. The molecule has 1 heterocycles. The number of hydrogen-bond acceptors (Lipinski definition) is 4. The summed E-state index contributed by atoms with van der Waals surface area (Å²) < 4.78 is 12.1. The zero-order chi connectivity index (χ0) is 17.0. The molecular weight excluding hydrogens is 296 g/mol. The van der Waals surface area contributed by atoms with Gasteiger partial charge in [0.25, 0.3) is 0 Å². The van der Waals surface area contributed by atoms with Crippen LogP contribution in [0.2, 0.25) is 0 Å². The minimum atomic E-state index is -0.420. The second-order valence-electron chi connectivity index (χ2n) is 6.22. The fourth-order valence-electron chi connectivity index (χ4n) is 2.51. The molecule has 0 spiro atoms. The van der Waals surface area contributed by atoms with Gasteiger partial charge in [0.05, 0.1) is 24.6 Å². The van der Waals surface area contributed by atoms with E-state index in [2.05, 4.69) is 19.2 Å². The molecule has 1 amide bonds. The summed E-state index contributed by atoms with van der Waals surface area (Å²) >= 11 is 0. The Kier molecular flexibility index (Phi) is 5.60. The van der Waals surface area contributed by atoms with E-state index in [1.807, 2.05) is 6.92 Å². The Hall–Kier alpha value is -2.08. The summed E-state index contributed by atoms with van der Waals surface area (Å²) in [6, 6.07) is 5.11. The Morgan fingerprint density at radius 2 is 2.09 bits per heavy atom. The van der Waals surface area contributed by atoms with E-state index >= 15 is 0 Å². The van der Waals surface area contributed by atoms with Crippen LogP contribution < -0.4 is 11.1 Å². The zero-order valence-electron chi connectivity index (χ0n) is 14.1. The van der Waals surface area contributed by atoms with Crippen molar-refractivity contribution >= 4 is 22.7 Å². The largest absolute Gasteiger partial charge is 0.419 e. The Balaban J connectivity index is 1.88. The van der Waals surface area contributed by atoms with Gasteiger partial charge >= 0.3 is 5.76 Å². The van der Waals surface area contributed by atoms with Crippen molar-refractivity contribution in [2.75, 3.05) is 11.9 Å². The molecule has 0 aliphatic heterocycles. The van der Waals surface area contributed by atoms with Gasteiger partial charge in [0.2, 0.25) is 5.91 Å². The number of nitrogens with zero attached hydrogens (tertiary/aromatic N) is 1. The molecule has 6 heteroatoms. The molecule has 6 nitrogen and oxygen atoms in total. The van der Waals surface area contributed by atoms with Gasteiger partial charge in [0, 0.05) is 12.7 Å². The summed E-state index contributed by atoms with van der Waals surface area (Å²) in [7, 11) is 1.63. The highest BCUT2D eigenvalue weighted by Gasteiger charge is 2.10. The highest BCUT2D eigenvalue weighted by atomic mass is 16.5. The van der Waals surface area contributed by atoms with Crippen LogP contribution in [0, 0.1) is 5.92 Å². The number of hydrogen-bond donors (Lipinski definition) is 1. The first-order valence-electron chi connectivity index (χ1n) is 7.88. The number of oxazole rings is 1. The van der Waals surface area contributed by atoms with Gasteiger partial charge in [-0.25, -0.2) is 4.79 Å². The van der Waals surface area contributed by atoms with Crippen LogP contribution in [0.15, 0.2) is 27.4 Å². The lowest BCUT2D eigenvalue weighted by Gasteiger charge is -2.14. The molecule has 1 atom stereocenters. The molecular formula is C17H24N2O4. The number of aromatic nitrogens is 1. The SMILES string of the molecule is CC(C)C[C@@H](C)OCCC(=O)Nc1ccc2oc(=O)n(C)c2c1. The summed E-state index contributed by atoms with van der Waals surface area (Å²) in [5.41, 5.74) is 1.78. The van der Waals surface area contributed by atoms with Crippen molar-refractivity contribution in [3.05, 3.63) is 28.7 Å². The number of nitrogens with one attached hydrogen (secondary N) is 1. The van der Waals surface area contributed by atoms with Crippen molar-refractivity contribution in [2.45, 2.75) is 39.7 Å². The number of aryl methyl sites for hydroxylation is 1. The highest BCUT2D eigenvalue weighted by Crippen LogP contribution is 2.18. The normalized spacial score (nSPS) is 12.7. The molecule has 0 fully saturated rings. The molecule has 0 saturated carbocycles. The van der Waals surface area contributed by atoms with E-state index in [1.165, 1.54) is 4.57 Å². The van der Waals surface area contributed by atoms with Crippen LogP contribution >= 0.6 is 0 Å². The molecule has 0 saturated heterocycles. The molecule has 2 aromatic rings. The molecule has 0 aliphatic rings. The topological polar surface area (TPSA) is 73.5 Å². The summed E-state index contributed by atoms with van der Waals surface area (Å²) in [5.74, 6) is 0.0396. The van der Waals surface area contributed by atoms with Crippen LogP contribution in [0.4, 0.5) is 5.69 Å². The van der Waals surface area contributed by atoms with E-state index in [-0.39, 0.29) is 12.0 Å². The van der Waals surface area contributed by atoms with Gasteiger partial charge in [-0.05, 0) is 37.5 Å². The zero-order valence-corrected chi connectivity index (χ0v) is 14.1. The molecule has 23 heavy (non-hydrogen) atoms. The predicted molar refractivity (Wildman–Crippen MR) is 89.6 cm³/mol. The number of benzene rings is 1. The number of carbonyl (C=O) groups excluding carboxylic acids is 1. The van der Waals surface area contributed by atoms with Crippen LogP contribution in [0.5, 0.6) is 0 Å². The molecule has 0 unspecified atom stereocenters. The van der Waals surface area contributed by atoms with Crippen LogP contribution in [0.1, 0.15) is 33.6 Å². The third kappa shape index (κ3) is 4.69. The van der Waals surface area contributed by atoms with E-state index in [4.69, 9.17) is 9.15 Å². The van der Waals surface area contributed by atoms with E-state index in [1.54, 1.807) is 25.2 Å². The van der Waals surface area contributed by atoms with Crippen LogP contribution in [-0.4, -0.2) is 23.2 Å². The van der Waals surface area contributed by atoms with Gasteiger partial charge < -0.3 is 14.5 Å². The lowest BCUT2D eigenvalue weighted by molar-refractivity contribution is -0.117. The molecule has 0 bridgehead atoms. The first-order chi connectivity index (χ1) is 10.9. The Morgan fingerprint density at radius 1 is 1.35 bits per heavy atom. The van der Waals surface area contributed by atoms with Crippen molar-refractivity contribution in [2.24, 2.45) is 13.0 Å². The molecule has 126 valence electrons. The maximum absolute atomic E-state index is 12.0. The third-order valence-electron chi connectivity index (χ3n) is 3.61. The third-order valence-corrected chi connectivity index (χ3v) is 3.61. The van der Waals surface area contributed by atoms with Crippen LogP contribution in [-0.2, 0) is 16.6 Å². The first-order valence-corrected chi connectivity index (χ1v) is 7.88. The first kappa shape index (κ1) is 17.3. The number of ether oxygens (including phenoxy) is 1. The van der Waals surface area contributed by atoms with Crippen LogP contribution in [0.3, 0.4) is 0 Å². The maximum Gasteiger partial charge on any atom is 0.419 e. The van der Waals surface area contributed by atoms with Gasteiger partial charge in [-0.15, -0.1) is 0 Å². The fourth-order valence-corrected chi connectivity index (χ4v) is 2.51. The van der Waals surface area contributed by atoms with Gasteiger partial charge in [-0.1, -0.05) is 13.8 Å². The molecule has 0 radical (unpaired) electrons. The van der Waals surface area contributed by atoms with Gasteiger partial charge in [0.15, 0.2) is 5.58 Å². The lowest BCUT2D eigenvalue weighted by atomic mass is 10.1. The van der Waals surface area contributed by atoms with E-state index in [0.717, 1.165) is 6.42 Å². The minimum absolute atomic E-state index is 0.116. The molecule has 1 aromatic heterocycles. The quantitative estimate of drug-likeness (QED) is 0.851. The second-order valence-corrected chi connectivity index (χ2v) is 6.22. The number of fused-ring (bicyclic) bond motifs is 1. The van der Waals surface area contributed by atoms with Gasteiger partial charge in [0.1, 0.15) is 0 Å². The second kappa shape index (κ2) is 7.46. The fraction of sp³-hybridized carbons (Fsp3) is 0.529. The maximum atomic E-state index is 12.0. The van der Waals surface area contributed by atoms with E-state index < -0.39 is 5.76 Å². The van der Waals surface area contributed by atoms with Crippen molar-refractivity contribution < 1.29 is 13.9 Å². The van der Waals surface area contributed by atoms with E-state index in [0.29, 0.717) is 35.7 Å². The average molecular weight is 320 g/mol. The smallest absolute Gasteiger partial charge is 0.408 e. The van der Waals surface area contributed by atoms with Gasteiger partial charge in [-0.2, -0.15) is 0 Å². The number of carbonyl (C=O) groups is 1. The van der Waals surface area contributed by atoms with Crippen molar-refractivity contribution in [3.8, 4) is 0 Å². The summed E-state index contributed by atoms with van der Waals surface area (Å²) in [6.45, 7) is 6.70.